The third-order valence-corrected chi connectivity index (χ3v) is 8.47. The first-order valence-corrected chi connectivity index (χ1v) is 13.0. The van der Waals surface area contributed by atoms with Gasteiger partial charge >= 0.3 is 5.97 Å². The standard InChI is InChI=1S/C29H27FN6O3/c1-31-22-10-17(30)9-20-24-26(35-12-16-7-8-34(2)23(16)14-35)21(11-32-27(24)33-25(20)22)15-3-4-18-5-6-19(29(38)39)28(37)36(18)13-15/h3-6,9-11,13,16,23,31H,7-8,12,14H2,1-2H3,(H,32,33)(H,38,39)/t16-,23+/m0/s1. The number of likely N-dealkylation sites (N-methyl/N-ethyl adjacent to an activating group) is 1. The molecule has 0 saturated carbocycles. The van der Waals surface area contributed by atoms with Crippen LogP contribution >= 0.6 is 0 Å². The Morgan fingerprint density at radius 2 is 2.03 bits per heavy atom. The van der Waals surface area contributed by atoms with Gasteiger partial charge in [-0.3, -0.25) is 9.20 Å². The Morgan fingerprint density at radius 1 is 1.21 bits per heavy atom. The SMILES string of the molecule is CNc1cc(F)cc2c1[nH]c1ncc(-c3ccc4ccc(C(=O)O)c(=O)n4c3)c(N3C[C@@H]4CCN(C)[C@@H]4C3)c12. The van der Waals surface area contributed by atoms with Crippen LogP contribution < -0.4 is 15.8 Å². The first-order chi connectivity index (χ1) is 18.8. The summed E-state index contributed by atoms with van der Waals surface area (Å²) in [7, 11) is 3.92. The van der Waals surface area contributed by atoms with E-state index in [0.29, 0.717) is 28.8 Å². The van der Waals surface area contributed by atoms with Crippen LogP contribution in [0.3, 0.4) is 0 Å². The molecule has 0 unspecified atom stereocenters. The maximum absolute atomic E-state index is 14.8. The van der Waals surface area contributed by atoms with Crippen molar-refractivity contribution in [3.8, 4) is 11.1 Å². The Labute approximate surface area is 222 Å². The molecule has 39 heavy (non-hydrogen) atoms. The molecule has 2 aliphatic rings. The molecule has 0 radical (unpaired) electrons. The molecule has 2 saturated heterocycles. The molecule has 0 bridgehead atoms. The number of fused-ring (bicyclic) bond motifs is 5. The van der Waals surface area contributed by atoms with Crippen LogP contribution in [0.25, 0.3) is 38.6 Å². The Balaban J connectivity index is 1.52. The zero-order valence-electron chi connectivity index (χ0n) is 21.5. The number of aromatic amines is 1. The number of carbonyl (C=O) groups is 1. The summed E-state index contributed by atoms with van der Waals surface area (Å²) in [5.74, 6) is -1.09. The molecule has 1 aromatic carbocycles. The molecule has 0 amide bonds. The molecule has 9 nitrogen and oxygen atoms in total. The summed E-state index contributed by atoms with van der Waals surface area (Å²) in [6.45, 7) is 2.76. The van der Waals surface area contributed by atoms with Crippen molar-refractivity contribution in [2.24, 2.45) is 5.92 Å². The number of nitrogens with one attached hydrogen (secondary N) is 2. The highest BCUT2D eigenvalue weighted by Gasteiger charge is 2.41. The number of H-pyrrole nitrogens is 1. The number of rotatable bonds is 4. The zero-order chi connectivity index (χ0) is 27.0. The van der Waals surface area contributed by atoms with Crippen LogP contribution in [0.4, 0.5) is 15.8 Å². The first kappa shape index (κ1) is 23.7. The summed E-state index contributed by atoms with van der Waals surface area (Å²) >= 11 is 0. The lowest BCUT2D eigenvalue weighted by Gasteiger charge is -2.26. The maximum Gasteiger partial charge on any atom is 0.341 e. The predicted octanol–water partition coefficient (Wildman–Crippen LogP) is 4.02. The van der Waals surface area contributed by atoms with E-state index < -0.39 is 11.5 Å². The summed E-state index contributed by atoms with van der Waals surface area (Å²) in [5.41, 5.74) is 4.24. The van der Waals surface area contributed by atoms with Crippen molar-refractivity contribution in [2.75, 3.05) is 43.9 Å². The number of aromatic nitrogens is 3. The highest BCUT2D eigenvalue weighted by Crippen LogP contribution is 2.45. The lowest BCUT2D eigenvalue weighted by atomic mass is 10.0. The number of carboxylic acid groups (broad SMARTS) is 1. The van der Waals surface area contributed by atoms with Crippen LogP contribution in [-0.2, 0) is 0 Å². The van der Waals surface area contributed by atoms with Crippen molar-refractivity contribution >= 4 is 44.8 Å². The van der Waals surface area contributed by atoms with Crippen LogP contribution in [0, 0.1) is 11.7 Å². The van der Waals surface area contributed by atoms with Gasteiger partial charge in [0.1, 0.15) is 17.0 Å². The average molecular weight is 527 g/mol. The number of aromatic carboxylic acids is 1. The molecule has 0 spiro atoms. The van der Waals surface area contributed by atoms with Crippen molar-refractivity contribution < 1.29 is 14.3 Å². The van der Waals surface area contributed by atoms with Gasteiger partial charge in [-0.25, -0.2) is 14.2 Å². The van der Waals surface area contributed by atoms with Gasteiger partial charge in [0.25, 0.3) is 5.56 Å². The van der Waals surface area contributed by atoms with E-state index in [1.165, 1.54) is 22.6 Å². The van der Waals surface area contributed by atoms with Gasteiger partial charge in [-0.1, -0.05) is 6.07 Å². The van der Waals surface area contributed by atoms with E-state index in [-0.39, 0.29) is 11.4 Å². The number of pyridine rings is 3. The molecule has 3 N–H and O–H groups in total. The quantitative estimate of drug-likeness (QED) is 0.325. The van der Waals surface area contributed by atoms with Gasteiger partial charge in [-0.15, -0.1) is 0 Å². The summed E-state index contributed by atoms with van der Waals surface area (Å²) in [4.78, 5) is 37.5. The molecule has 2 fully saturated rings. The van der Waals surface area contributed by atoms with Gasteiger partial charge in [0.15, 0.2) is 0 Å². The number of nitrogens with zero attached hydrogens (tertiary/aromatic N) is 4. The Morgan fingerprint density at radius 3 is 2.79 bits per heavy atom. The fraction of sp³-hybridized carbons (Fsp3) is 0.276. The normalized spacial score (nSPS) is 19.4. The topological polar surface area (TPSA) is 106 Å². The van der Waals surface area contributed by atoms with Crippen molar-refractivity contribution in [1.82, 2.24) is 19.3 Å². The summed E-state index contributed by atoms with van der Waals surface area (Å²) in [6.07, 6.45) is 4.58. The number of carboxylic acids is 1. The van der Waals surface area contributed by atoms with Crippen LogP contribution in [0.5, 0.6) is 0 Å². The van der Waals surface area contributed by atoms with E-state index in [4.69, 9.17) is 4.98 Å². The number of benzene rings is 1. The molecule has 2 aliphatic heterocycles. The van der Waals surface area contributed by atoms with E-state index in [0.717, 1.165) is 59.2 Å². The Kier molecular flexibility index (Phi) is 5.18. The molecule has 198 valence electrons. The van der Waals surface area contributed by atoms with Crippen LogP contribution in [-0.4, -0.2) is 70.1 Å². The molecule has 6 heterocycles. The van der Waals surface area contributed by atoms with Crippen molar-refractivity contribution in [3.63, 3.8) is 0 Å². The summed E-state index contributed by atoms with van der Waals surface area (Å²) in [5, 5.41) is 14.1. The predicted molar refractivity (Wildman–Crippen MR) is 149 cm³/mol. The molecule has 2 atom stereocenters. The molecule has 7 rings (SSSR count). The molecular weight excluding hydrogens is 499 g/mol. The minimum absolute atomic E-state index is 0.291. The van der Waals surface area contributed by atoms with E-state index in [2.05, 4.69) is 27.1 Å². The van der Waals surface area contributed by atoms with Gasteiger partial charge in [0.2, 0.25) is 0 Å². The third kappa shape index (κ3) is 3.51. The van der Waals surface area contributed by atoms with Crippen LogP contribution in [0.15, 0.2) is 53.6 Å². The van der Waals surface area contributed by atoms with Gasteiger partial charge in [-0.05, 0) is 56.3 Å². The molecule has 5 aromatic rings. The number of hydrogen-bond donors (Lipinski definition) is 3. The van der Waals surface area contributed by atoms with Gasteiger partial charge in [-0.2, -0.15) is 0 Å². The van der Waals surface area contributed by atoms with Crippen molar-refractivity contribution in [3.05, 3.63) is 70.5 Å². The monoisotopic (exact) mass is 526 g/mol. The highest BCUT2D eigenvalue weighted by atomic mass is 19.1. The lowest BCUT2D eigenvalue weighted by Crippen LogP contribution is -2.32. The second-order valence-corrected chi connectivity index (χ2v) is 10.6. The highest BCUT2D eigenvalue weighted by molar-refractivity contribution is 6.17. The Bertz CT molecular complexity index is 1880. The number of likely N-dealkylation sites (tertiary alicyclic amines) is 1. The van der Waals surface area contributed by atoms with Gasteiger partial charge < -0.3 is 25.2 Å². The number of halogens is 1. The Hall–Kier alpha value is -4.44. The van der Waals surface area contributed by atoms with Gasteiger partial charge in [0, 0.05) is 60.6 Å². The minimum atomic E-state index is -1.27. The molecule has 10 heteroatoms. The zero-order valence-corrected chi connectivity index (χ0v) is 21.5. The van der Waals surface area contributed by atoms with Crippen molar-refractivity contribution in [2.45, 2.75) is 12.5 Å². The molecule has 0 aliphatic carbocycles. The molecule has 4 aromatic heterocycles. The minimum Gasteiger partial charge on any atom is -0.477 e. The maximum atomic E-state index is 14.8. The van der Waals surface area contributed by atoms with Gasteiger partial charge in [0.05, 0.1) is 22.3 Å². The smallest absolute Gasteiger partial charge is 0.341 e. The largest absolute Gasteiger partial charge is 0.477 e. The van der Waals surface area contributed by atoms with E-state index in [9.17, 15) is 19.1 Å². The third-order valence-electron chi connectivity index (χ3n) is 8.47. The second-order valence-electron chi connectivity index (χ2n) is 10.6. The summed E-state index contributed by atoms with van der Waals surface area (Å²) in [6, 6.07) is 10.1. The summed E-state index contributed by atoms with van der Waals surface area (Å²) < 4.78 is 16.2. The van der Waals surface area contributed by atoms with E-state index >= 15 is 0 Å². The molecular formula is C29H27FN6O3. The second kappa shape index (κ2) is 8.54. The number of hydrogen-bond acceptors (Lipinski definition) is 6. The average Bonchev–Trinajstić information content (AvgIpc) is 3.61. The first-order valence-electron chi connectivity index (χ1n) is 13.0. The van der Waals surface area contributed by atoms with E-state index in [1.54, 1.807) is 31.6 Å². The lowest BCUT2D eigenvalue weighted by molar-refractivity contribution is 0.0694. The van der Waals surface area contributed by atoms with Crippen molar-refractivity contribution in [1.29, 1.82) is 0 Å². The van der Waals surface area contributed by atoms with E-state index in [1.807, 2.05) is 6.07 Å². The fourth-order valence-corrected chi connectivity index (χ4v) is 6.52. The number of anilines is 2. The van der Waals surface area contributed by atoms with Crippen LogP contribution in [0.2, 0.25) is 0 Å². The van der Waals surface area contributed by atoms with Crippen LogP contribution in [0.1, 0.15) is 16.8 Å². The fourth-order valence-electron chi connectivity index (χ4n) is 6.52.